The van der Waals surface area contributed by atoms with Crippen molar-refractivity contribution in [1.82, 2.24) is 9.97 Å². The average molecular weight is 439 g/mol. The standard InChI is InChI=1S/C29H30N2O2/c1-20(11-14-26-21(2)8-7-15-29(26,3)4)16-22-18-30-27(31-19-22)28(32)33-25-13-12-23-9-5-6-10-24(23)17-25/h5-6,9-14,16-19H,7-8,15H2,1-4H3/b14-11?,20-16+. The van der Waals surface area contributed by atoms with Crippen LogP contribution in [0.5, 0.6) is 5.75 Å². The van der Waals surface area contributed by atoms with Gasteiger partial charge in [0, 0.05) is 18.0 Å². The monoisotopic (exact) mass is 438 g/mol. The van der Waals surface area contributed by atoms with Crippen LogP contribution in [0.4, 0.5) is 0 Å². The molecule has 0 bridgehead atoms. The first-order chi connectivity index (χ1) is 15.8. The number of esters is 1. The number of rotatable bonds is 5. The second-order valence-electron chi connectivity index (χ2n) is 9.39. The lowest BCUT2D eigenvalue weighted by molar-refractivity contribution is 0.0722. The number of carbonyl (C=O) groups is 1. The molecule has 0 radical (unpaired) electrons. The van der Waals surface area contributed by atoms with Crippen LogP contribution in [0.15, 0.2) is 83.7 Å². The number of hydrogen-bond donors (Lipinski definition) is 0. The molecule has 0 saturated heterocycles. The Morgan fingerprint density at radius 2 is 1.79 bits per heavy atom. The highest BCUT2D eigenvalue weighted by Gasteiger charge is 2.26. The molecule has 0 unspecified atom stereocenters. The predicted octanol–water partition coefficient (Wildman–Crippen LogP) is 7.34. The van der Waals surface area contributed by atoms with Crippen molar-refractivity contribution in [3.05, 3.63) is 95.1 Å². The summed E-state index contributed by atoms with van der Waals surface area (Å²) in [5, 5.41) is 2.10. The van der Waals surface area contributed by atoms with Gasteiger partial charge in [-0.3, -0.25) is 0 Å². The molecule has 0 aliphatic heterocycles. The van der Waals surface area contributed by atoms with E-state index in [0.717, 1.165) is 21.9 Å². The Kier molecular flexibility index (Phi) is 6.55. The van der Waals surface area contributed by atoms with E-state index in [1.54, 1.807) is 18.5 Å². The molecule has 33 heavy (non-hydrogen) atoms. The van der Waals surface area contributed by atoms with Crippen LogP contribution in [-0.4, -0.2) is 15.9 Å². The summed E-state index contributed by atoms with van der Waals surface area (Å²) in [5.74, 6) is -0.0555. The molecule has 0 N–H and O–H groups in total. The first kappa shape index (κ1) is 22.7. The molecule has 0 amide bonds. The number of ether oxygens (including phenoxy) is 1. The third kappa shape index (κ3) is 5.46. The van der Waals surface area contributed by atoms with Gasteiger partial charge < -0.3 is 4.74 Å². The second kappa shape index (κ2) is 9.53. The van der Waals surface area contributed by atoms with Crippen LogP contribution in [0.25, 0.3) is 16.8 Å². The summed E-state index contributed by atoms with van der Waals surface area (Å²) in [4.78, 5) is 20.9. The zero-order chi connectivity index (χ0) is 23.4. The second-order valence-corrected chi connectivity index (χ2v) is 9.39. The fourth-order valence-corrected chi connectivity index (χ4v) is 4.44. The maximum Gasteiger partial charge on any atom is 0.381 e. The molecule has 4 heteroatoms. The number of allylic oxidation sites excluding steroid dienone is 5. The zero-order valence-electron chi connectivity index (χ0n) is 19.8. The van der Waals surface area contributed by atoms with E-state index in [9.17, 15) is 4.79 Å². The zero-order valence-corrected chi connectivity index (χ0v) is 19.8. The van der Waals surface area contributed by atoms with Crippen molar-refractivity contribution in [3.8, 4) is 5.75 Å². The lowest BCUT2D eigenvalue weighted by atomic mass is 9.72. The fourth-order valence-electron chi connectivity index (χ4n) is 4.44. The molecule has 0 atom stereocenters. The lowest BCUT2D eigenvalue weighted by Gasteiger charge is -2.32. The van der Waals surface area contributed by atoms with E-state index in [1.807, 2.05) is 42.5 Å². The van der Waals surface area contributed by atoms with Crippen molar-refractivity contribution in [2.24, 2.45) is 5.41 Å². The van der Waals surface area contributed by atoms with Gasteiger partial charge in [-0.15, -0.1) is 0 Å². The van der Waals surface area contributed by atoms with Crippen LogP contribution in [0.3, 0.4) is 0 Å². The fraction of sp³-hybridized carbons (Fsp3) is 0.276. The molecule has 3 aromatic rings. The van der Waals surface area contributed by atoms with Gasteiger partial charge in [-0.1, -0.05) is 67.5 Å². The summed E-state index contributed by atoms with van der Waals surface area (Å²) < 4.78 is 5.47. The van der Waals surface area contributed by atoms with Crippen molar-refractivity contribution >= 4 is 22.8 Å². The number of benzene rings is 2. The summed E-state index contributed by atoms with van der Waals surface area (Å²) in [6.45, 7) is 8.93. The Hall–Kier alpha value is -3.53. The Bertz CT molecular complexity index is 1260. The third-order valence-electron chi connectivity index (χ3n) is 6.24. The molecule has 1 aromatic heterocycles. The predicted molar refractivity (Wildman–Crippen MR) is 134 cm³/mol. The maximum absolute atomic E-state index is 12.5. The topological polar surface area (TPSA) is 52.1 Å². The molecule has 0 fully saturated rings. The van der Waals surface area contributed by atoms with Gasteiger partial charge in [-0.2, -0.15) is 0 Å². The SMILES string of the molecule is CC1=C(C=C/C(C)=C/c2cnc(C(=O)Oc3ccc4ccccc4c3)nc2)C(C)(C)CCC1. The van der Waals surface area contributed by atoms with Gasteiger partial charge in [0.2, 0.25) is 5.82 Å². The number of fused-ring (bicyclic) bond motifs is 1. The summed E-state index contributed by atoms with van der Waals surface area (Å²) in [5.41, 5.74) is 5.08. The van der Waals surface area contributed by atoms with Crippen LogP contribution < -0.4 is 4.74 Å². The van der Waals surface area contributed by atoms with Gasteiger partial charge in [0.05, 0.1) is 0 Å². The van der Waals surface area contributed by atoms with Crippen LogP contribution in [0.1, 0.15) is 63.1 Å². The van der Waals surface area contributed by atoms with Crippen molar-refractivity contribution in [3.63, 3.8) is 0 Å². The number of carbonyl (C=O) groups excluding carboxylic acids is 1. The number of hydrogen-bond acceptors (Lipinski definition) is 4. The van der Waals surface area contributed by atoms with Crippen molar-refractivity contribution < 1.29 is 9.53 Å². The van der Waals surface area contributed by atoms with Gasteiger partial charge in [0.15, 0.2) is 0 Å². The van der Waals surface area contributed by atoms with Crippen molar-refractivity contribution in [2.45, 2.75) is 47.0 Å². The summed E-state index contributed by atoms with van der Waals surface area (Å²) in [6, 6.07) is 13.5. The van der Waals surface area contributed by atoms with Gasteiger partial charge in [-0.05, 0) is 73.1 Å². The van der Waals surface area contributed by atoms with Gasteiger partial charge >= 0.3 is 5.97 Å². The van der Waals surface area contributed by atoms with E-state index < -0.39 is 5.97 Å². The molecular formula is C29H30N2O2. The highest BCUT2D eigenvalue weighted by molar-refractivity contribution is 5.89. The molecule has 168 valence electrons. The minimum Gasteiger partial charge on any atom is -0.421 e. The smallest absolute Gasteiger partial charge is 0.381 e. The van der Waals surface area contributed by atoms with E-state index in [0.29, 0.717) is 5.75 Å². The first-order valence-electron chi connectivity index (χ1n) is 11.4. The number of nitrogens with zero attached hydrogens (tertiary/aromatic N) is 2. The lowest BCUT2D eigenvalue weighted by Crippen LogP contribution is -2.19. The molecule has 1 aliphatic rings. The molecule has 0 saturated carbocycles. The largest absolute Gasteiger partial charge is 0.421 e. The maximum atomic E-state index is 12.5. The third-order valence-corrected chi connectivity index (χ3v) is 6.24. The van der Waals surface area contributed by atoms with Gasteiger partial charge in [0.25, 0.3) is 0 Å². The van der Waals surface area contributed by atoms with Crippen molar-refractivity contribution in [1.29, 1.82) is 0 Å². The molecule has 4 nitrogen and oxygen atoms in total. The van der Waals surface area contributed by atoms with Gasteiger partial charge in [0.1, 0.15) is 5.75 Å². The molecule has 2 aromatic carbocycles. The van der Waals surface area contributed by atoms with Crippen LogP contribution in [-0.2, 0) is 0 Å². The quantitative estimate of drug-likeness (QED) is 0.238. The summed E-state index contributed by atoms with van der Waals surface area (Å²) in [6.07, 6.45) is 13.4. The minimum atomic E-state index is -0.570. The highest BCUT2D eigenvalue weighted by Crippen LogP contribution is 2.40. The molecule has 4 rings (SSSR count). The molecule has 1 heterocycles. The van der Waals surface area contributed by atoms with E-state index in [1.165, 1.54) is 30.4 Å². The molecular weight excluding hydrogens is 408 g/mol. The van der Waals surface area contributed by atoms with Crippen molar-refractivity contribution in [2.75, 3.05) is 0 Å². The Morgan fingerprint density at radius 3 is 2.52 bits per heavy atom. The van der Waals surface area contributed by atoms with Crippen LogP contribution >= 0.6 is 0 Å². The number of aromatic nitrogens is 2. The Morgan fingerprint density at radius 1 is 1.06 bits per heavy atom. The average Bonchev–Trinajstić information content (AvgIpc) is 2.78. The molecule has 1 aliphatic carbocycles. The van der Waals surface area contributed by atoms with E-state index in [2.05, 4.69) is 49.8 Å². The summed E-state index contributed by atoms with van der Waals surface area (Å²) in [7, 11) is 0. The molecule has 0 spiro atoms. The highest BCUT2D eigenvalue weighted by atomic mass is 16.5. The van der Waals surface area contributed by atoms with E-state index in [4.69, 9.17) is 4.74 Å². The van der Waals surface area contributed by atoms with Gasteiger partial charge in [-0.25, -0.2) is 14.8 Å². The van der Waals surface area contributed by atoms with Crippen LogP contribution in [0.2, 0.25) is 0 Å². The Labute approximate surface area is 195 Å². The first-order valence-corrected chi connectivity index (χ1v) is 11.4. The van der Waals surface area contributed by atoms with E-state index in [-0.39, 0.29) is 11.2 Å². The Balaban J connectivity index is 1.43. The normalized spacial score (nSPS) is 16.4. The minimum absolute atomic E-state index is 0.0400. The summed E-state index contributed by atoms with van der Waals surface area (Å²) >= 11 is 0. The van der Waals surface area contributed by atoms with E-state index >= 15 is 0 Å². The van der Waals surface area contributed by atoms with Crippen LogP contribution in [0, 0.1) is 5.41 Å².